The van der Waals surface area contributed by atoms with Gasteiger partial charge in [-0.2, -0.15) is 4.68 Å². The summed E-state index contributed by atoms with van der Waals surface area (Å²) >= 11 is 0. The molecule has 0 radical (unpaired) electrons. The molecule has 1 fully saturated rings. The van der Waals surface area contributed by atoms with E-state index < -0.39 is 0 Å². The van der Waals surface area contributed by atoms with Crippen LogP contribution in [0.3, 0.4) is 0 Å². The number of carbonyl (C=O) groups is 2. The van der Waals surface area contributed by atoms with Gasteiger partial charge in [0.25, 0.3) is 0 Å². The standard InChI is InChI=1S/C22H29N7O3/c1-16-20(13-32-21(16)31)28(2)10-9-22(14-30)7-5-17(6-8-22)23-11-18-3-4-19(12-24-18)29-15-25-26-27-29/h3-4,12,14-15,17,23H,5-11,13H2,1-2H3/t17-,22+. The maximum atomic E-state index is 12.0. The molecule has 10 nitrogen and oxygen atoms in total. The van der Waals surface area contributed by atoms with E-state index in [9.17, 15) is 9.59 Å². The van der Waals surface area contributed by atoms with Gasteiger partial charge < -0.3 is 19.7 Å². The van der Waals surface area contributed by atoms with Gasteiger partial charge in [0, 0.05) is 31.6 Å². The summed E-state index contributed by atoms with van der Waals surface area (Å²) in [4.78, 5) is 30.1. The molecule has 1 aliphatic heterocycles. The Hall–Kier alpha value is -3.14. The molecule has 170 valence electrons. The van der Waals surface area contributed by atoms with Crippen LogP contribution in [0, 0.1) is 5.41 Å². The SMILES string of the molecule is CC1=C(N(C)CC[C@]2(C=O)CC[C@@H](NCc3ccc(-n4cnnn4)cn3)CC2)COC1=O. The van der Waals surface area contributed by atoms with Gasteiger partial charge in [-0.1, -0.05) is 0 Å². The molecule has 0 aromatic carbocycles. The smallest absolute Gasteiger partial charge is 0.335 e. The minimum Gasteiger partial charge on any atom is -0.456 e. The molecule has 2 aromatic rings. The number of cyclic esters (lactones) is 1. The van der Waals surface area contributed by atoms with Crippen molar-refractivity contribution in [1.29, 1.82) is 0 Å². The highest BCUT2D eigenvalue weighted by atomic mass is 16.5. The van der Waals surface area contributed by atoms with Gasteiger partial charge in [0.2, 0.25) is 0 Å². The van der Waals surface area contributed by atoms with Gasteiger partial charge in [-0.25, -0.2) is 4.79 Å². The zero-order chi connectivity index (χ0) is 22.6. The van der Waals surface area contributed by atoms with Crippen LogP contribution >= 0.6 is 0 Å². The fourth-order valence-electron chi connectivity index (χ4n) is 4.40. The van der Waals surface area contributed by atoms with Crippen molar-refractivity contribution >= 4 is 12.3 Å². The third-order valence-corrected chi connectivity index (χ3v) is 6.71. The number of pyridine rings is 1. The number of tetrazole rings is 1. The first-order valence-electron chi connectivity index (χ1n) is 11.0. The van der Waals surface area contributed by atoms with Crippen molar-refractivity contribution in [3.63, 3.8) is 0 Å². The molecule has 4 rings (SSSR count). The second kappa shape index (κ2) is 9.56. The van der Waals surface area contributed by atoms with E-state index in [-0.39, 0.29) is 11.4 Å². The predicted octanol–water partition coefficient (Wildman–Crippen LogP) is 1.43. The molecule has 2 aromatic heterocycles. The molecule has 1 N–H and O–H groups in total. The third kappa shape index (κ3) is 4.85. The van der Waals surface area contributed by atoms with Crippen molar-refractivity contribution in [1.82, 2.24) is 35.4 Å². The van der Waals surface area contributed by atoms with Gasteiger partial charge in [0.1, 0.15) is 19.2 Å². The molecule has 1 saturated carbocycles. The van der Waals surface area contributed by atoms with E-state index in [0.717, 1.165) is 62.0 Å². The Morgan fingerprint density at radius 3 is 2.75 bits per heavy atom. The van der Waals surface area contributed by atoms with Gasteiger partial charge in [-0.15, -0.1) is 5.10 Å². The quantitative estimate of drug-likeness (QED) is 0.457. The highest BCUT2D eigenvalue weighted by molar-refractivity contribution is 5.90. The zero-order valence-electron chi connectivity index (χ0n) is 18.5. The largest absolute Gasteiger partial charge is 0.456 e. The number of carbonyl (C=O) groups excluding carboxylic acids is 2. The molecular formula is C22H29N7O3. The van der Waals surface area contributed by atoms with Crippen LogP contribution in [0.1, 0.15) is 44.7 Å². The van der Waals surface area contributed by atoms with Crippen LogP contribution in [0.5, 0.6) is 0 Å². The van der Waals surface area contributed by atoms with Gasteiger partial charge in [0.05, 0.1) is 28.8 Å². The van der Waals surface area contributed by atoms with E-state index in [4.69, 9.17) is 4.74 Å². The number of ether oxygens (including phenoxy) is 1. The maximum absolute atomic E-state index is 12.0. The van der Waals surface area contributed by atoms with Crippen LogP contribution in [0.2, 0.25) is 0 Å². The summed E-state index contributed by atoms with van der Waals surface area (Å²) in [7, 11) is 1.96. The molecule has 0 saturated heterocycles. The Morgan fingerprint density at radius 2 is 2.16 bits per heavy atom. The lowest BCUT2D eigenvalue weighted by Crippen LogP contribution is -2.39. The van der Waals surface area contributed by atoms with Gasteiger partial charge in [-0.3, -0.25) is 4.98 Å². The van der Waals surface area contributed by atoms with E-state index >= 15 is 0 Å². The number of aldehydes is 1. The first-order valence-corrected chi connectivity index (χ1v) is 11.0. The highest BCUT2D eigenvalue weighted by Crippen LogP contribution is 2.38. The van der Waals surface area contributed by atoms with Crippen LogP contribution in [0.25, 0.3) is 5.69 Å². The van der Waals surface area contributed by atoms with E-state index in [1.165, 1.54) is 6.33 Å². The molecule has 1 aliphatic carbocycles. The second-order valence-electron chi connectivity index (χ2n) is 8.72. The van der Waals surface area contributed by atoms with E-state index in [1.807, 2.05) is 19.2 Å². The van der Waals surface area contributed by atoms with E-state index in [2.05, 4.69) is 30.7 Å². The average molecular weight is 440 g/mol. The normalized spacial score (nSPS) is 23.3. The number of aromatic nitrogens is 5. The number of likely N-dealkylation sites (N-methyl/N-ethyl adjacent to an activating group) is 1. The van der Waals surface area contributed by atoms with Gasteiger partial charge in [0.15, 0.2) is 0 Å². The summed E-state index contributed by atoms with van der Waals surface area (Å²) in [5.41, 5.74) is 3.06. The maximum Gasteiger partial charge on any atom is 0.335 e. The summed E-state index contributed by atoms with van der Waals surface area (Å²) in [6.07, 6.45) is 8.85. The molecule has 0 amide bonds. The first-order chi connectivity index (χ1) is 15.5. The summed E-state index contributed by atoms with van der Waals surface area (Å²) < 4.78 is 6.66. The Labute approximate surface area is 187 Å². The molecule has 0 atom stereocenters. The minimum atomic E-state index is -0.296. The van der Waals surface area contributed by atoms with Gasteiger partial charge in [-0.05, 0) is 61.6 Å². The van der Waals surface area contributed by atoms with Crippen LogP contribution < -0.4 is 5.32 Å². The molecule has 2 aliphatic rings. The summed E-state index contributed by atoms with van der Waals surface area (Å²) in [6, 6.07) is 4.27. The lowest BCUT2D eigenvalue weighted by Gasteiger charge is -2.37. The van der Waals surface area contributed by atoms with Crippen molar-refractivity contribution in [3.05, 3.63) is 41.6 Å². The van der Waals surface area contributed by atoms with Crippen molar-refractivity contribution in [2.75, 3.05) is 20.2 Å². The molecule has 0 bridgehead atoms. The molecule has 10 heteroatoms. The lowest BCUT2D eigenvalue weighted by molar-refractivity contribution is -0.136. The van der Waals surface area contributed by atoms with Gasteiger partial charge >= 0.3 is 5.97 Å². The van der Waals surface area contributed by atoms with E-state index in [1.54, 1.807) is 17.8 Å². The van der Waals surface area contributed by atoms with Crippen molar-refractivity contribution < 1.29 is 14.3 Å². The van der Waals surface area contributed by atoms with Crippen LogP contribution in [0.15, 0.2) is 35.9 Å². The summed E-state index contributed by atoms with van der Waals surface area (Å²) in [5, 5.41) is 14.7. The molecule has 3 heterocycles. The second-order valence-corrected chi connectivity index (χ2v) is 8.72. The Kier molecular flexibility index (Phi) is 6.59. The Balaban J connectivity index is 1.24. The van der Waals surface area contributed by atoms with Crippen LogP contribution in [-0.2, 0) is 20.9 Å². The number of nitrogens with zero attached hydrogens (tertiary/aromatic N) is 6. The molecular weight excluding hydrogens is 410 g/mol. The monoisotopic (exact) mass is 439 g/mol. The number of nitrogens with one attached hydrogen (secondary N) is 1. The Bertz CT molecular complexity index is 964. The van der Waals surface area contributed by atoms with Crippen molar-refractivity contribution in [2.24, 2.45) is 5.41 Å². The van der Waals surface area contributed by atoms with Crippen molar-refractivity contribution in [2.45, 2.75) is 51.6 Å². The number of hydrogen-bond donors (Lipinski definition) is 1. The minimum absolute atomic E-state index is 0.247. The van der Waals surface area contributed by atoms with Crippen LogP contribution in [-0.4, -0.2) is 68.6 Å². The fourth-order valence-corrected chi connectivity index (χ4v) is 4.40. The fraction of sp³-hybridized carbons (Fsp3) is 0.545. The van der Waals surface area contributed by atoms with Crippen LogP contribution in [0.4, 0.5) is 0 Å². The summed E-state index contributed by atoms with van der Waals surface area (Å²) in [6.45, 7) is 3.53. The number of rotatable bonds is 9. The topological polar surface area (TPSA) is 115 Å². The molecule has 0 unspecified atom stereocenters. The van der Waals surface area contributed by atoms with Crippen molar-refractivity contribution in [3.8, 4) is 5.69 Å². The predicted molar refractivity (Wildman–Crippen MR) is 115 cm³/mol. The summed E-state index contributed by atoms with van der Waals surface area (Å²) in [5.74, 6) is -0.247. The first kappa shape index (κ1) is 22.1. The number of esters is 1. The Morgan fingerprint density at radius 1 is 1.34 bits per heavy atom. The van der Waals surface area contributed by atoms with E-state index in [0.29, 0.717) is 24.8 Å². The molecule has 32 heavy (non-hydrogen) atoms. The number of hydrogen-bond acceptors (Lipinski definition) is 9. The average Bonchev–Trinajstić information content (AvgIpc) is 3.48. The molecule has 0 spiro atoms. The lowest BCUT2D eigenvalue weighted by atomic mass is 9.71. The highest BCUT2D eigenvalue weighted by Gasteiger charge is 2.35. The third-order valence-electron chi connectivity index (χ3n) is 6.71. The zero-order valence-corrected chi connectivity index (χ0v) is 18.5.